The van der Waals surface area contributed by atoms with E-state index in [1.54, 1.807) is 18.4 Å². The molecule has 0 saturated heterocycles. The molecule has 1 amide bonds. The second-order valence-electron chi connectivity index (χ2n) is 6.63. The fourth-order valence-electron chi connectivity index (χ4n) is 3.03. The lowest BCUT2D eigenvalue weighted by Crippen LogP contribution is -2.21. The van der Waals surface area contributed by atoms with E-state index in [0.717, 1.165) is 5.56 Å². The summed E-state index contributed by atoms with van der Waals surface area (Å²) in [6.45, 7) is 1.37. The molecule has 8 nitrogen and oxygen atoms in total. The van der Waals surface area contributed by atoms with Crippen molar-refractivity contribution in [2.24, 2.45) is 0 Å². The van der Waals surface area contributed by atoms with Crippen LogP contribution in [0, 0.1) is 0 Å². The molecular formula is C24H23NO7S. The Morgan fingerprint density at radius 3 is 2.30 bits per heavy atom. The van der Waals surface area contributed by atoms with Gasteiger partial charge in [-0.1, -0.05) is 30.3 Å². The Morgan fingerprint density at radius 1 is 0.909 bits per heavy atom. The number of anilines is 1. The molecule has 33 heavy (non-hydrogen) atoms. The molecule has 3 aromatic rings. The average Bonchev–Trinajstić information content (AvgIpc) is 3.26. The molecular weight excluding hydrogens is 446 g/mol. The predicted octanol–water partition coefficient (Wildman–Crippen LogP) is 4.40. The monoisotopic (exact) mass is 469 g/mol. The largest absolute Gasteiger partial charge is 0.493 e. The maximum Gasteiger partial charge on any atom is 0.341 e. The molecule has 3 rings (SSSR count). The SMILES string of the molecule is CCOC(=O)c1c(-c2ccccc2)csc1NC(=O)COC(=O)c1ccc(OC)c(OC)c1. The molecule has 1 aromatic heterocycles. The Bertz CT molecular complexity index is 1140. The van der Waals surface area contributed by atoms with Crippen LogP contribution in [0.3, 0.4) is 0 Å². The molecule has 2 aromatic carbocycles. The third kappa shape index (κ3) is 5.69. The van der Waals surface area contributed by atoms with Gasteiger partial charge < -0.3 is 24.3 Å². The summed E-state index contributed by atoms with van der Waals surface area (Å²) in [6, 6.07) is 13.8. The van der Waals surface area contributed by atoms with Crippen molar-refractivity contribution < 1.29 is 33.3 Å². The van der Waals surface area contributed by atoms with Crippen LogP contribution in [0.5, 0.6) is 11.5 Å². The maximum atomic E-state index is 12.6. The van der Waals surface area contributed by atoms with Crippen LogP contribution in [-0.2, 0) is 14.3 Å². The number of amides is 1. The third-order valence-corrected chi connectivity index (χ3v) is 5.46. The first-order valence-electron chi connectivity index (χ1n) is 10.0. The van der Waals surface area contributed by atoms with Crippen molar-refractivity contribution in [1.29, 1.82) is 0 Å². The first kappa shape index (κ1) is 23.8. The quantitative estimate of drug-likeness (QED) is 0.464. The second kappa shape index (κ2) is 11.1. The number of esters is 2. The van der Waals surface area contributed by atoms with Crippen molar-refractivity contribution in [3.05, 3.63) is 65.0 Å². The highest BCUT2D eigenvalue weighted by Crippen LogP contribution is 2.36. The van der Waals surface area contributed by atoms with Crippen LogP contribution in [0.15, 0.2) is 53.9 Å². The van der Waals surface area contributed by atoms with Gasteiger partial charge in [0, 0.05) is 10.9 Å². The Morgan fingerprint density at radius 2 is 1.64 bits per heavy atom. The van der Waals surface area contributed by atoms with Gasteiger partial charge in [-0.05, 0) is 30.7 Å². The Balaban J connectivity index is 1.72. The fraction of sp³-hybridized carbons (Fsp3) is 0.208. The van der Waals surface area contributed by atoms with Crippen molar-refractivity contribution in [2.45, 2.75) is 6.92 Å². The van der Waals surface area contributed by atoms with Crippen LogP contribution >= 0.6 is 11.3 Å². The van der Waals surface area contributed by atoms with Crippen LogP contribution in [-0.4, -0.2) is 45.3 Å². The van der Waals surface area contributed by atoms with E-state index in [1.165, 1.54) is 37.7 Å². The molecule has 1 N–H and O–H groups in total. The Labute approximate surface area is 195 Å². The van der Waals surface area contributed by atoms with Crippen LogP contribution in [0.25, 0.3) is 11.1 Å². The second-order valence-corrected chi connectivity index (χ2v) is 7.51. The summed E-state index contributed by atoms with van der Waals surface area (Å²) in [5, 5.41) is 4.73. The topological polar surface area (TPSA) is 100 Å². The molecule has 172 valence electrons. The van der Waals surface area contributed by atoms with E-state index in [9.17, 15) is 14.4 Å². The summed E-state index contributed by atoms with van der Waals surface area (Å²) in [5.74, 6) is -1.01. The Hall–Kier alpha value is -3.85. The van der Waals surface area contributed by atoms with Crippen molar-refractivity contribution in [3.8, 4) is 22.6 Å². The molecule has 0 atom stereocenters. The van der Waals surface area contributed by atoms with Crippen molar-refractivity contribution >= 4 is 34.2 Å². The number of thiophene rings is 1. The van der Waals surface area contributed by atoms with Crippen LogP contribution in [0.4, 0.5) is 5.00 Å². The zero-order valence-corrected chi connectivity index (χ0v) is 19.2. The van der Waals surface area contributed by atoms with Gasteiger partial charge in [0.2, 0.25) is 0 Å². The highest BCUT2D eigenvalue weighted by molar-refractivity contribution is 7.15. The molecule has 9 heteroatoms. The summed E-state index contributed by atoms with van der Waals surface area (Å²) in [5.41, 5.74) is 1.93. The molecule has 0 fully saturated rings. The standard InChI is InChI=1S/C24H23NO7S/c1-4-31-24(28)21-17(15-8-6-5-7-9-15)14-33-22(21)25-20(26)13-32-23(27)16-10-11-18(29-2)19(12-16)30-3/h5-12,14H,4,13H2,1-3H3,(H,25,26). The van der Waals surface area contributed by atoms with Gasteiger partial charge in [-0.25, -0.2) is 9.59 Å². The lowest BCUT2D eigenvalue weighted by Gasteiger charge is -2.10. The highest BCUT2D eigenvalue weighted by atomic mass is 32.1. The van der Waals surface area contributed by atoms with Gasteiger partial charge in [0.25, 0.3) is 5.91 Å². The average molecular weight is 470 g/mol. The molecule has 0 aliphatic rings. The van der Waals surface area contributed by atoms with Gasteiger partial charge in [0.15, 0.2) is 18.1 Å². The van der Waals surface area contributed by atoms with Crippen molar-refractivity contribution in [1.82, 2.24) is 0 Å². The summed E-state index contributed by atoms with van der Waals surface area (Å²) < 4.78 is 20.6. The van der Waals surface area contributed by atoms with Crippen molar-refractivity contribution in [2.75, 3.05) is 32.8 Å². The van der Waals surface area contributed by atoms with Gasteiger partial charge in [0.1, 0.15) is 10.6 Å². The fourth-order valence-corrected chi connectivity index (χ4v) is 4.00. The normalized spacial score (nSPS) is 10.3. The number of hydrogen-bond acceptors (Lipinski definition) is 8. The van der Waals surface area contributed by atoms with Crippen molar-refractivity contribution in [3.63, 3.8) is 0 Å². The first-order chi connectivity index (χ1) is 16.0. The van der Waals surface area contributed by atoms with Gasteiger partial charge in [-0.15, -0.1) is 11.3 Å². The highest BCUT2D eigenvalue weighted by Gasteiger charge is 2.23. The first-order valence-corrected chi connectivity index (χ1v) is 10.9. The third-order valence-electron chi connectivity index (χ3n) is 4.56. The van der Waals surface area contributed by atoms with Crippen LogP contribution in [0.1, 0.15) is 27.6 Å². The molecule has 0 spiro atoms. The molecule has 0 aliphatic heterocycles. The number of hydrogen-bond donors (Lipinski definition) is 1. The zero-order chi connectivity index (χ0) is 23.8. The van der Waals surface area contributed by atoms with E-state index < -0.39 is 24.5 Å². The lowest BCUT2D eigenvalue weighted by molar-refractivity contribution is -0.119. The smallest absolute Gasteiger partial charge is 0.341 e. The minimum absolute atomic E-state index is 0.194. The summed E-state index contributed by atoms with van der Waals surface area (Å²) in [7, 11) is 2.94. The van der Waals surface area contributed by atoms with E-state index in [4.69, 9.17) is 18.9 Å². The van der Waals surface area contributed by atoms with E-state index in [2.05, 4.69) is 5.32 Å². The summed E-state index contributed by atoms with van der Waals surface area (Å²) in [4.78, 5) is 37.4. The molecule has 0 bridgehead atoms. The Kier molecular flexibility index (Phi) is 8.04. The van der Waals surface area contributed by atoms with Gasteiger partial charge in [-0.2, -0.15) is 0 Å². The summed E-state index contributed by atoms with van der Waals surface area (Å²) >= 11 is 1.19. The molecule has 1 heterocycles. The van der Waals surface area contributed by atoms with E-state index >= 15 is 0 Å². The van der Waals surface area contributed by atoms with E-state index in [-0.39, 0.29) is 17.7 Å². The van der Waals surface area contributed by atoms with E-state index in [0.29, 0.717) is 22.1 Å². The molecule has 0 unspecified atom stereocenters. The van der Waals surface area contributed by atoms with E-state index in [1.807, 2.05) is 30.3 Å². The lowest BCUT2D eigenvalue weighted by atomic mass is 10.0. The van der Waals surface area contributed by atoms with Gasteiger partial charge >= 0.3 is 11.9 Å². The minimum Gasteiger partial charge on any atom is -0.493 e. The maximum absolute atomic E-state index is 12.6. The molecule has 0 aliphatic carbocycles. The molecule has 0 saturated carbocycles. The van der Waals surface area contributed by atoms with Gasteiger partial charge in [-0.3, -0.25) is 4.79 Å². The number of benzene rings is 2. The zero-order valence-electron chi connectivity index (χ0n) is 18.4. The predicted molar refractivity (Wildman–Crippen MR) is 124 cm³/mol. The summed E-state index contributed by atoms with van der Waals surface area (Å²) in [6.07, 6.45) is 0. The minimum atomic E-state index is -0.701. The number of carbonyl (C=O) groups is 3. The van der Waals surface area contributed by atoms with Crippen LogP contribution in [0.2, 0.25) is 0 Å². The molecule has 0 radical (unpaired) electrons. The van der Waals surface area contributed by atoms with Gasteiger partial charge in [0.05, 0.1) is 26.4 Å². The number of methoxy groups -OCH3 is 2. The number of nitrogens with one attached hydrogen (secondary N) is 1. The number of rotatable bonds is 9. The van der Waals surface area contributed by atoms with Crippen LogP contribution < -0.4 is 14.8 Å². The number of carbonyl (C=O) groups excluding carboxylic acids is 3. The number of ether oxygens (including phenoxy) is 4.